The minimum Gasteiger partial charge on any atom is -0.493 e. The van der Waals surface area contributed by atoms with Gasteiger partial charge in [-0.3, -0.25) is 0 Å². The van der Waals surface area contributed by atoms with Crippen LogP contribution in [0.25, 0.3) is 0 Å². The molecule has 0 radical (unpaired) electrons. The SMILES string of the molecule is Cc1ccc(C(C)C)cc1OCCCc1ccc(N)cc1. The standard InChI is InChI=1S/C19H25NO/c1-14(2)17-9-6-15(3)19(13-17)21-12-4-5-16-7-10-18(20)11-8-16/h6-11,13-14H,4-5,12,20H2,1-3H3. The molecule has 2 heteroatoms. The number of nitrogens with two attached hydrogens (primary N) is 1. The molecule has 2 nitrogen and oxygen atoms in total. The van der Waals surface area contributed by atoms with Crippen LogP contribution in [0.2, 0.25) is 0 Å². The summed E-state index contributed by atoms with van der Waals surface area (Å²) in [6.45, 7) is 7.25. The van der Waals surface area contributed by atoms with Crippen molar-refractivity contribution in [2.24, 2.45) is 0 Å². The quantitative estimate of drug-likeness (QED) is 0.615. The van der Waals surface area contributed by atoms with Crippen LogP contribution in [0, 0.1) is 6.92 Å². The molecule has 0 spiro atoms. The molecule has 112 valence electrons. The van der Waals surface area contributed by atoms with Crippen LogP contribution in [0.5, 0.6) is 5.75 Å². The molecule has 0 saturated carbocycles. The van der Waals surface area contributed by atoms with Gasteiger partial charge >= 0.3 is 0 Å². The summed E-state index contributed by atoms with van der Waals surface area (Å²) < 4.78 is 5.95. The number of ether oxygens (including phenoxy) is 1. The summed E-state index contributed by atoms with van der Waals surface area (Å²) >= 11 is 0. The number of benzene rings is 2. The van der Waals surface area contributed by atoms with Crippen LogP contribution in [-0.2, 0) is 6.42 Å². The Balaban J connectivity index is 1.85. The highest BCUT2D eigenvalue weighted by atomic mass is 16.5. The fourth-order valence-corrected chi connectivity index (χ4v) is 2.27. The summed E-state index contributed by atoms with van der Waals surface area (Å²) in [5.74, 6) is 1.54. The third-order valence-electron chi connectivity index (χ3n) is 3.73. The van der Waals surface area contributed by atoms with Gasteiger partial charge in [0.05, 0.1) is 6.61 Å². The second kappa shape index (κ2) is 7.16. The Morgan fingerprint density at radius 3 is 2.43 bits per heavy atom. The predicted octanol–water partition coefficient (Wildman–Crippen LogP) is 4.71. The zero-order chi connectivity index (χ0) is 15.2. The Morgan fingerprint density at radius 1 is 1.05 bits per heavy atom. The van der Waals surface area contributed by atoms with Gasteiger partial charge in [-0.25, -0.2) is 0 Å². The smallest absolute Gasteiger partial charge is 0.122 e. The second-order valence-electron chi connectivity index (χ2n) is 5.87. The van der Waals surface area contributed by atoms with Gasteiger partial charge in [0, 0.05) is 5.69 Å². The fraction of sp³-hybridized carbons (Fsp3) is 0.368. The zero-order valence-corrected chi connectivity index (χ0v) is 13.2. The van der Waals surface area contributed by atoms with Gasteiger partial charge in [-0.2, -0.15) is 0 Å². The lowest BCUT2D eigenvalue weighted by atomic mass is 10.0. The van der Waals surface area contributed by atoms with Gasteiger partial charge in [0.25, 0.3) is 0 Å². The molecule has 2 rings (SSSR count). The van der Waals surface area contributed by atoms with E-state index in [0.29, 0.717) is 5.92 Å². The van der Waals surface area contributed by atoms with E-state index in [-0.39, 0.29) is 0 Å². The van der Waals surface area contributed by atoms with Crippen LogP contribution in [0.3, 0.4) is 0 Å². The van der Waals surface area contributed by atoms with E-state index in [9.17, 15) is 0 Å². The lowest BCUT2D eigenvalue weighted by molar-refractivity contribution is 0.308. The first-order valence-corrected chi connectivity index (χ1v) is 7.64. The number of nitrogen functional groups attached to an aromatic ring is 1. The topological polar surface area (TPSA) is 35.2 Å². The van der Waals surface area contributed by atoms with Gasteiger partial charge in [-0.05, 0) is 60.6 Å². The van der Waals surface area contributed by atoms with Crippen LogP contribution >= 0.6 is 0 Å². The van der Waals surface area contributed by atoms with Crippen molar-refractivity contribution in [2.75, 3.05) is 12.3 Å². The Labute approximate surface area is 127 Å². The first-order valence-electron chi connectivity index (χ1n) is 7.64. The molecule has 2 aromatic carbocycles. The molecule has 21 heavy (non-hydrogen) atoms. The third kappa shape index (κ3) is 4.52. The summed E-state index contributed by atoms with van der Waals surface area (Å²) in [4.78, 5) is 0. The summed E-state index contributed by atoms with van der Waals surface area (Å²) in [5, 5.41) is 0. The molecule has 2 aromatic rings. The first-order chi connectivity index (χ1) is 10.1. The molecule has 0 amide bonds. The largest absolute Gasteiger partial charge is 0.493 e. The van der Waals surface area contributed by atoms with Gasteiger partial charge in [-0.15, -0.1) is 0 Å². The van der Waals surface area contributed by atoms with Crippen molar-refractivity contribution >= 4 is 5.69 Å². The van der Waals surface area contributed by atoms with Crippen LogP contribution in [-0.4, -0.2) is 6.61 Å². The van der Waals surface area contributed by atoms with Crippen molar-refractivity contribution < 1.29 is 4.74 Å². The Morgan fingerprint density at radius 2 is 1.76 bits per heavy atom. The normalized spacial score (nSPS) is 10.9. The average molecular weight is 283 g/mol. The molecule has 0 saturated heterocycles. The molecule has 0 aliphatic carbocycles. The van der Waals surface area contributed by atoms with Crippen LogP contribution < -0.4 is 10.5 Å². The van der Waals surface area contributed by atoms with Crippen LogP contribution in [0.1, 0.15) is 42.9 Å². The van der Waals surface area contributed by atoms with Gasteiger partial charge in [-0.1, -0.05) is 38.1 Å². The Bertz CT molecular complexity index is 573. The van der Waals surface area contributed by atoms with E-state index in [2.05, 4.69) is 51.1 Å². The Hall–Kier alpha value is -1.96. The van der Waals surface area contributed by atoms with Gasteiger partial charge < -0.3 is 10.5 Å². The highest BCUT2D eigenvalue weighted by molar-refractivity contribution is 5.39. The molecule has 0 bridgehead atoms. The summed E-state index contributed by atoms with van der Waals surface area (Å²) in [6, 6.07) is 14.6. The molecule has 0 unspecified atom stereocenters. The molecule has 0 atom stereocenters. The molecule has 2 N–H and O–H groups in total. The molecular formula is C19H25NO. The number of hydrogen-bond donors (Lipinski definition) is 1. The van der Waals surface area contributed by atoms with Crippen molar-refractivity contribution in [1.82, 2.24) is 0 Å². The van der Waals surface area contributed by atoms with E-state index < -0.39 is 0 Å². The van der Waals surface area contributed by atoms with Gasteiger partial charge in [0.15, 0.2) is 0 Å². The second-order valence-corrected chi connectivity index (χ2v) is 5.87. The summed E-state index contributed by atoms with van der Waals surface area (Å²) in [5.41, 5.74) is 10.3. The molecule has 0 aliphatic heterocycles. The monoisotopic (exact) mass is 283 g/mol. The zero-order valence-electron chi connectivity index (χ0n) is 13.2. The molecule has 0 aromatic heterocycles. The molecule has 0 fully saturated rings. The van der Waals surface area contributed by atoms with E-state index in [0.717, 1.165) is 30.9 Å². The highest BCUT2D eigenvalue weighted by Gasteiger charge is 2.04. The maximum atomic E-state index is 5.95. The van der Waals surface area contributed by atoms with E-state index in [1.165, 1.54) is 16.7 Å². The lowest BCUT2D eigenvalue weighted by Crippen LogP contribution is -2.02. The van der Waals surface area contributed by atoms with Crippen LogP contribution in [0.4, 0.5) is 5.69 Å². The Kier molecular flexibility index (Phi) is 5.26. The van der Waals surface area contributed by atoms with E-state index in [1.54, 1.807) is 0 Å². The summed E-state index contributed by atoms with van der Waals surface area (Å²) in [7, 11) is 0. The van der Waals surface area contributed by atoms with E-state index in [1.807, 2.05) is 12.1 Å². The van der Waals surface area contributed by atoms with E-state index >= 15 is 0 Å². The molecular weight excluding hydrogens is 258 g/mol. The molecule has 0 heterocycles. The number of anilines is 1. The first kappa shape index (κ1) is 15.4. The average Bonchev–Trinajstić information content (AvgIpc) is 2.47. The van der Waals surface area contributed by atoms with Crippen molar-refractivity contribution in [1.29, 1.82) is 0 Å². The maximum Gasteiger partial charge on any atom is 0.122 e. The van der Waals surface area contributed by atoms with Gasteiger partial charge in [0.1, 0.15) is 5.75 Å². The van der Waals surface area contributed by atoms with Crippen molar-refractivity contribution in [3.8, 4) is 5.75 Å². The number of hydrogen-bond acceptors (Lipinski definition) is 2. The minimum atomic E-state index is 0.530. The van der Waals surface area contributed by atoms with Gasteiger partial charge in [0.2, 0.25) is 0 Å². The van der Waals surface area contributed by atoms with E-state index in [4.69, 9.17) is 10.5 Å². The fourth-order valence-electron chi connectivity index (χ4n) is 2.27. The number of aryl methyl sites for hydroxylation is 2. The predicted molar refractivity (Wildman–Crippen MR) is 89.9 cm³/mol. The summed E-state index contributed by atoms with van der Waals surface area (Å²) in [6.07, 6.45) is 2.03. The lowest BCUT2D eigenvalue weighted by Gasteiger charge is -2.13. The van der Waals surface area contributed by atoms with Crippen molar-refractivity contribution in [2.45, 2.75) is 39.5 Å². The maximum absolute atomic E-state index is 5.95. The minimum absolute atomic E-state index is 0.530. The highest BCUT2D eigenvalue weighted by Crippen LogP contribution is 2.24. The number of rotatable bonds is 6. The van der Waals surface area contributed by atoms with Crippen molar-refractivity contribution in [3.05, 3.63) is 59.2 Å². The van der Waals surface area contributed by atoms with Crippen molar-refractivity contribution in [3.63, 3.8) is 0 Å². The molecule has 0 aliphatic rings. The third-order valence-corrected chi connectivity index (χ3v) is 3.73. The van der Waals surface area contributed by atoms with Crippen LogP contribution in [0.15, 0.2) is 42.5 Å².